The number of rotatable bonds is 4. The predicted octanol–water partition coefficient (Wildman–Crippen LogP) is 2.33. The van der Waals surface area contributed by atoms with Crippen molar-refractivity contribution in [2.24, 2.45) is 0 Å². The predicted molar refractivity (Wildman–Crippen MR) is 78.8 cm³/mol. The molecule has 0 saturated heterocycles. The summed E-state index contributed by atoms with van der Waals surface area (Å²) in [6.45, 7) is 0. The van der Waals surface area contributed by atoms with Crippen molar-refractivity contribution in [3.8, 4) is 0 Å². The molecular formula is C16H15N3O2. The Bertz CT molecular complexity index is 752. The third-order valence-corrected chi connectivity index (χ3v) is 3.50. The van der Waals surface area contributed by atoms with Gasteiger partial charge in [0.15, 0.2) is 0 Å². The lowest BCUT2D eigenvalue weighted by Crippen LogP contribution is -2.31. The van der Waals surface area contributed by atoms with E-state index < -0.39 is 11.9 Å². The number of fused-ring (bicyclic) bond motifs is 1. The summed E-state index contributed by atoms with van der Waals surface area (Å²) in [4.78, 5) is 16.3. The Morgan fingerprint density at radius 1 is 1.14 bits per heavy atom. The summed E-state index contributed by atoms with van der Waals surface area (Å²) in [5.74, 6) is -0.456. The van der Waals surface area contributed by atoms with Crippen LogP contribution >= 0.6 is 0 Å². The fourth-order valence-corrected chi connectivity index (χ4v) is 2.46. The van der Waals surface area contributed by atoms with Crippen LogP contribution in [0.25, 0.3) is 11.0 Å². The zero-order valence-corrected chi connectivity index (χ0v) is 11.3. The minimum absolute atomic E-state index is 0.456. The van der Waals surface area contributed by atoms with E-state index in [-0.39, 0.29) is 0 Å². The van der Waals surface area contributed by atoms with Gasteiger partial charge in [0.25, 0.3) is 5.91 Å². The monoisotopic (exact) mass is 281 g/mol. The van der Waals surface area contributed by atoms with Gasteiger partial charge in [-0.1, -0.05) is 42.5 Å². The van der Waals surface area contributed by atoms with E-state index in [1.165, 1.54) is 0 Å². The molecule has 0 aliphatic carbocycles. The van der Waals surface area contributed by atoms with Crippen molar-refractivity contribution in [2.45, 2.75) is 12.5 Å². The number of para-hydroxylation sites is 2. The number of carbonyl (C=O) groups is 1. The van der Waals surface area contributed by atoms with Crippen LogP contribution < -0.4 is 5.48 Å². The van der Waals surface area contributed by atoms with Gasteiger partial charge >= 0.3 is 0 Å². The number of carbonyl (C=O) groups excluding carboxylic acids is 1. The van der Waals surface area contributed by atoms with Gasteiger partial charge in [0.1, 0.15) is 6.04 Å². The first-order valence-electron chi connectivity index (χ1n) is 6.69. The van der Waals surface area contributed by atoms with Crippen molar-refractivity contribution in [3.63, 3.8) is 0 Å². The van der Waals surface area contributed by atoms with Crippen LogP contribution in [0.15, 0.2) is 60.9 Å². The average Bonchev–Trinajstić information content (AvgIpc) is 2.97. The van der Waals surface area contributed by atoms with Crippen molar-refractivity contribution in [1.29, 1.82) is 0 Å². The standard InChI is InChI=1S/C16H15N3O2/c20-16(18-21)15(10-12-6-2-1-3-7-12)19-11-17-13-8-4-5-9-14(13)19/h1-9,11,15,21H,10H2,(H,18,20). The van der Waals surface area contributed by atoms with Crippen LogP contribution in [-0.2, 0) is 11.2 Å². The zero-order valence-electron chi connectivity index (χ0n) is 11.3. The van der Waals surface area contributed by atoms with E-state index in [1.54, 1.807) is 16.4 Å². The van der Waals surface area contributed by atoms with Crippen LogP contribution in [0.1, 0.15) is 11.6 Å². The number of hydrogen-bond donors (Lipinski definition) is 2. The second kappa shape index (κ2) is 5.76. The molecule has 2 aromatic carbocycles. The smallest absolute Gasteiger partial charge is 0.266 e. The molecule has 1 atom stereocenters. The van der Waals surface area contributed by atoms with Gasteiger partial charge in [-0.2, -0.15) is 0 Å². The van der Waals surface area contributed by atoms with Gasteiger partial charge < -0.3 is 4.57 Å². The highest BCUT2D eigenvalue weighted by Crippen LogP contribution is 2.21. The summed E-state index contributed by atoms with van der Waals surface area (Å²) in [5, 5.41) is 9.02. The van der Waals surface area contributed by atoms with Crippen LogP contribution in [0.4, 0.5) is 0 Å². The van der Waals surface area contributed by atoms with E-state index in [2.05, 4.69) is 4.98 Å². The largest absolute Gasteiger partial charge is 0.317 e. The quantitative estimate of drug-likeness (QED) is 0.569. The Labute approximate surface area is 121 Å². The Balaban J connectivity index is 2.01. The molecule has 0 saturated carbocycles. The molecular weight excluding hydrogens is 266 g/mol. The number of hydroxylamine groups is 1. The Kier molecular flexibility index (Phi) is 3.66. The fraction of sp³-hybridized carbons (Fsp3) is 0.125. The molecule has 0 spiro atoms. The molecule has 1 amide bonds. The third-order valence-electron chi connectivity index (χ3n) is 3.50. The van der Waals surface area contributed by atoms with Gasteiger partial charge in [0.2, 0.25) is 0 Å². The summed E-state index contributed by atoms with van der Waals surface area (Å²) in [6.07, 6.45) is 2.11. The molecule has 3 rings (SSSR count). The maximum Gasteiger partial charge on any atom is 0.266 e. The van der Waals surface area contributed by atoms with Crippen molar-refractivity contribution in [3.05, 3.63) is 66.5 Å². The van der Waals surface area contributed by atoms with Gasteiger partial charge in [0, 0.05) is 6.42 Å². The molecule has 5 heteroatoms. The molecule has 3 aromatic rings. The lowest BCUT2D eigenvalue weighted by molar-refractivity contribution is -0.132. The van der Waals surface area contributed by atoms with Crippen molar-refractivity contribution in [2.75, 3.05) is 0 Å². The third kappa shape index (κ3) is 2.64. The summed E-state index contributed by atoms with van der Waals surface area (Å²) in [6, 6.07) is 16.7. The number of nitrogens with zero attached hydrogens (tertiary/aromatic N) is 2. The SMILES string of the molecule is O=C(NO)C(Cc1ccccc1)n1cnc2ccccc21. The Morgan fingerprint density at radius 2 is 1.86 bits per heavy atom. The minimum atomic E-state index is -0.551. The molecule has 1 heterocycles. The maximum atomic E-state index is 12.0. The minimum Gasteiger partial charge on any atom is -0.317 e. The Morgan fingerprint density at radius 3 is 2.62 bits per heavy atom. The molecule has 106 valence electrons. The van der Waals surface area contributed by atoms with Crippen LogP contribution in [0.3, 0.4) is 0 Å². The van der Waals surface area contributed by atoms with E-state index in [4.69, 9.17) is 5.21 Å². The van der Waals surface area contributed by atoms with Crippen LogP contribution in [0.2, 0.25) is 0 Å². The highest BCUT2D eigenvalue weighted by atomic mass is 16.5. The first-order valence-corrected chi connectivity index (χ1v) is 6.69. The molecule has 0 aliphatic rings. The van der Waals surface area contributed by atoms with E-state index in [0.29, 0.717) is 6.42 Å². The van der Waals surface area contributed by atoms with Crippen LogP contribution in [-0.4, -0.2) is 20.7 Å². The molecule has 1 unspecified atom stereocenters. The number of amides is 1. The van der Waals surface area contributed by atoms with E-state index in [9.17, 15) is 4.79 Å². The van der Waals surface area contributed by atoms with Gasteiger partial charge in [-0.15, -0.1) is 0 Å². The lowest BCUT2D eigenvalue weighted by Gasteiger charge is -2.17. The van der Waals surface area contributed by atoms with Crippen molar-refractivity contribution in [1.82, 2.24) is 15.0 Å². The second-order valence-electron chi connectivity index (χ2n) is 4.82. The van der Waals surface area contributed by atoms with E-state index >= 15 is 0 Å². The molecule has 21 heavy (non-hydrogen) atoms. The summed E-state index contributed by atoms with van der Waals surface area (Å²) < 4.78 is 1.79. The zero-order chi connectivity index (χ0) is 14.7. The molecule has 0 bridgehead atoms. The van der Waals surface area contributed by atoms with E-state index in [1.807, 2.05) is 54.6 Å². The van der Waals surface area contributed by atoms with Crippen LogP contribution in [0, 0.1) is 0 Å². The number of benzene rings is 2. The van der Waals surface area contributed by atoms with Gasteiger partial charge in [-0.05, 0) is 17.7 Å². The fourth-order valence-electron chi connectivity index (χ4n) is 2.46. The molecule has 5 nitrogen and oxygen atoms in total. The highest BCUT2D eigenvalue weighted by molar-refractivity contribution is 5.83. The number of hydrogen-bond acceptors (Lipinski definition) is 3. The van der Waals surface area contributed by atoms with Gasteiger partial charge in [0.05, 0.1) is 17.4 Å². The lowest BCUT2D eigenvalue weighted by atomic mass is 10.1. The number of imidazole rings is 1. The topological polar surface area (TPSA) is 67.2 Å². The number of nitrogens with one attached hydrogen (secondary N) is 1. The molecule has 0 radical (unpaired) electrons. The normalized spacial score (nSPS) is 12.2. The second-order valence-corrected chi connectivity index (χ2v) is 4.82. The first-order chi connectivity index (χ1) is 10.3. The number of aromatic nitrogens is 2. The summed E-state index contributed by atoms with van der Waals surface area (Å²) in [7, 11) is 0. The Hall–Kier alpha value is -2.66. The maximum absolute atomic E-state index is 12.0. The summed E-state index contributed by atoms with van der Waals surface area (Å²) >= 11 is 0. The van der Waals surface area contributed by atoms with Crippen LogP contribution in [0.5, 0.6) is 0 Å². The first kappa shape index (κ1) is 13.3. The summed E-state index contributed by atoms with van der Waals surface area (Å²) in [5.41, 5.74) is 4.45. The van der Waals surface area contributed by atoms with Gasteiger partial charge in [-0.25, -0.2) is 10.5 Å². The molecule has 1 aromatic heterocycles. The molecule has 0 aliphatic heterocycles. The van der Waals surface area contributed by atoms with Crippen molar-refractivity contribution >= 4 is 16.9 Å². The average molecular weight is 281 g/mol. The molecule has 2 N–H and O–H groups in total. The highest BCUT2D eigenvalue weighted by Gasteiger charge is 2.22. The van der Waals surface area contributed by atoms with Gasteiger partial charge in [-0.3, -0.25) is 10.0 Å². The van der Waals surface area contributed by atoms with Crippen molar-refractivity contribution < 1.29 is 10.0 Å². The van der Waals surface area contributed by atoms with E-state index in [0.717, 1.165) is 16.6 Å². The molecule has 0 fully saturated rings.